The number of ether oxygens (including phenoxy) is 1. The molecule has 84 valence electrons. The highest BCUT2D eigenvalue weighted by Crippen LogP contribution is 2.31. The molecule has 0 aliphatic heterocycles. The standard InChI is InChI=1S/C9H7Br2F3O/c10-4-6-2-1-3-7(8(6)11)15-5-9(12,13)14/h1-3H,4-5H2. The van der Waals surface area contributed by atoms with E-state index in [1.165, 1.54) is 6.07 Å². The van der Waals surface area contributed by atoms with E-state index in [-0.39, 0.29) is 5.75 Å². The molecule has 0 spiro atoms. The summed E-state index contributed by atoms with van der Waals surface area (Å²) >= 11 is 6.41. The van der Waals surface area contributed by atoms with Gasteiger partial charge in [-0.3, -0.25) is 0 Å². The van der Waals surface area contributed by atoms with Gasteiger partial charge < -0.3 is 4.74 Å². The molecule has 15 heavy (non-hydrogen) atoms. The lowest BCUT2D eigenvalue weighted by Crippen LogP contribution is -2.19. The number of alkyl halides is 4. The quantitative estimate of drug-likeness (QED) is 0.741. The molecule has 0 amide bonds. The molecule has 0 N–H and O–H groups in total. The molecule has 0 aromatic heterocycles. The van der Waals surface area contributed by atoms with E-state index in [0.717, 1.165) is 5.56 Å². The predicted octanol–water partition coefficient (Wildman–Crippen LogP) is 4.29. The summed E-state index contributed by atoms with van der Waals surface area (Å²) < 4.78 is 40.9. The molecule has 0 saturated heterocycles. The van der Waals surface area contributed by atoms with E-state index in [0.29, 0.717) is 9.80 Å². The molecule has 0 heterocycles. The van der Waals surface area contributed by atoms with Gasteiger partial charge in [-0.1, -0.05) is 28.1 Å². The van der Waals surface area contributed by atoms with Crippen LogP contribution in [0.25, 0.3) is 0 Å². The van der Waals surface area contributed by atoms with Crippen molar-refractivity contribution in [1.29, 1.82) is 0 Å². The van der Waals surface area contributed by atoms with Crippen LogP contribution in [0.3, 0.4) is 0 Å². The minimum Gasteiger partial charge on any atom is -0.483 e. The smallest absolute Gasteiger partial charge is 0.422 e. The maximum atomic E-state index is 11.9. The van der Waals surface area contributed by atoms with Gasteiger partial charge in [-0.15, -0.1) is 0 Å². The van der Waals surface area contributed by atoms with Crippen molar-refractivity contribution in [3.05, 3.63) is 28.2 Å². The third kappa shape index (κ3) is 4.03. The van der Waals surface area contributed by atoms with Gasteiger partial charge in [0.25, 0.3) is 0 Å². The van der Waals surface area contributed by atoms with Crippen molar-refractivity contribution in [2.24, 2.45) is 0 Å². The van der Waals surface area contributed by atoms with Gasteiger partial charge >= 0.3 is 6.18 Å². The zero-order valence-corrected chi connectivity index (χ0v) is 10.6. The summed E-state index contributed by atoms with van der Waals surface area (Å²) in [7, 11) is 0. The molecule has 6 heteroatoms. The van der Waals surface area contributed by atoms with Crippen molar-refractivity contribution in [3.8, 4) is 5.75 Å². The summed E-state index contributed by atoms with van der Waals surface area (Å²) in [6.45, 7) is -1.28. The summed E-state index contributed by atoms with van der Waals surface area (Å²) in [5.74, 6) is 0.198. The molecule has 1 nitrogen and oxygen atoms in total. The van der Waals surface area contributed by atoms with E-state index in [9.17, 15) is 13.2 Å². The molecule has 0 atom stereocenters. The van der Waals surface area contributed by atoms with Gasteiger partial charge in [0.1, 0.15) is 5.75 Å². The van der Waals surface area contributed by atoms with Gasteiger partial charge in [0.2, 0.25) is 0 Å². The van der Waals surface area contributed by atoms with Crippen molar-refractivity contribution in [2.75, 3.05) is 6.61 Å². The Kier molecular flexibility index (Phi) is 4.45. The number of hydrogen-bond acceptors (Lipinski definition) is 1. The Morgan fingerprint density at radius 2 is 1.93 bits per heavy atom. The van der Waals surface area contributed by atoms with Gasteiger partial charge in [-0.25, -0.2) is 0 Å². The van der Waals surface area contributed by atoms with Crippen LogP contribution in [-0.2, 0) is 5.33 Å². The van der Waals surface area contributed by atoms with Gasteiger partial charge in [-0.2, -0.15) is 13.2 Å². The molecule has 1 aromatic carbocycles. The summed E-state index contributed by atoms with van der Waals surface area (Å²) in [4.78, 5) is 0. The second-order valence-electron chi connectivity index (χ2n) is 2.77. The van der Waals surface area contributed by atoms with Crippen molar-refractivity contribution in [3.63, 3.8) is 0 Å². The zero-order valence-electron chi connectivity index (χ0n) is 7.44. The van der Waals surface area contributed by atoms with Crippen LogP contribution in [0.2, 0.25) is 0 Å². The average molecular weight is 348 g/mol. The van der Waals surface area contributed by atoms with E-state index < -0.39 is 12.8 Å². The Bertz CT molecular complexity index is 339. The van der Waals surface area contributed by atoms with Crippen LogP contribution in [0.4, 0.5) is 13.2 Å². The molecule has 0 saturated carbocycles. The lowest BCUT2D eigenvalue weighted by molar-refractivity contribution is -0.153. The van der Waals surface area contributed by atoms with Crippen LogP contribution in [0.15, 0.2) is 22.7 Å². The van der Waals surface area contributed by atoms with Crippen molar-refractivity contribution in [1.82, 2.24) is 0 Å². The number of rotatable bonds is 3. The van der Waals surface area contributed by atoms with E-state index in [1.54, 1.807) is 12.1 Å². The first-order valence-corrected chi connectivity index (χ1v) is 5.88. The maximum Gasteiger partial charge on any atom is 0.422 e. The number of hydrogen-bond donors (Lipinski definition) is 0. The molecule has 1 aromatic rings. The van der Waals surface area contributed by atoms with Crippen LogP contribution in [-0.4, -0.2) is 12.8 Å². The first kappa shape index (κ1) is 12.8. The number of halogens is 5. The highest BCUT2D eigenvalue weighted by Gasteiger charge is 2.28. The lowest BCUT2D eigenvalue weighted by atomic mass is 10.2. The third-order valence-corrected chi connectivity index (χ3v) is 3.08. The zero-order chi connectivity index (χ0) is 11.5. The SMILES string of the molecule is FC(F)(F)COc1cccc(CBr)c1Br. The molecule has 1 rings (SSSR count). The highest BCUT2D eigenvalue weighted by molar-refractivity contribution is 9.11. The first-order chi connectivity index (χ1) is 6.94. The van der Waals surface area contributed by atoms with E-state index in [2.05, 4.69) is 36.6 Å². The first-order valence-electron chi connectivity index (χ1n) is 3.97. The van der Waals surface area contributed by atoms with Gasteiger partial charge in [0.05, 0.1) is 4.47 Å². The lowest BCUT2D eigenvalue weighted by Gasteiger charge is -2.11. The van der Waals surface area contributed by atoms with Crippen molar-refractivity contribution in [2.45, 2.75) is 11.5 Å². The van der Waals surface area contributed by atoms with E-state index >= 15 is 0 Å². The average Bonchev–Trinajstić information content (AvgIpc) is 2.15. The largest absolute Gasteiger partial charge is 0.483 e. The molecule has 0 radical (unpaired) electrons. The van der Waals surface area contributed by atoms with Crippen LogP contribution < -0.4 is 4.74 Å². The van der Waals surface area contributed by atoms with Gasteiger partial charge in [0.15, 0.2) is 6.61 Å². The predicted molar refractivity (Wildman–Crippen MR) is 58.3 cm³/mol. The fraction of sp³-hybridized carbons (Fsp3) is 0.333. The summed E-state index contributed by atoms with van der Waals surface area (Å²) in [5.41, 5.74) is 0.842. The van der Waals surface area contributed by atoms with Crippen LogP contribution in [0.5, 0.6) is 5.75 Å². The van der Waals surface area contributed by atoms with Crippen LogP contribution in [0, 0.1) is 0 Å². The summed E-state index contributed by atoms with van der Waals surface area (Å²) in [6, 6.07) is 4.92. The minimum absolute atomic E-state index is 0.198. The molecule has 0 fully saturated rings. The van der Waals surface area contributed by atoms with Crippen molar-refractivity contribution < 1.29 is 17.9 Å². The molecule has 0 unspecified atom stereocenters. The van der Waals surface area contributed by atoms with Crippen molar-refractivity contribution >= 4 is 31.9 Å². The second kappa shape index (κ2) is 5.21. The monoisotopic (exact) mass is 346 g/mol. The summed E-state index contributed by atoms with van der Waals surface area (Å²) in [5, 5.41) is 0.552. The minimum atomic E-state index is -4.32. The Balaban J connectivity index is 2.78. The number of benzene rings is 1. The Morgan fingerprint density at radius 1 is 1.27 bits per heavy atom. The normalized spacial score (nSPS) is 11.5. The second-order valence-corrected chi connectivity index (χ2v) is 4.12. The fourth-order valence-corrected chi connectivity index (χ4v) is 2.29. The van der Waals surface area contributed by atoms with Crippen LogP contribution >= 0.6 is 31.9 Å². The fourth-order valence-electron chi connectivity index (χ4n) is 0.930. The summed E-state index contributed by atoms with van der Waals surface area (Å²) in [6.07, 6.45) is -4.32. The van der Waals surface area contributed by atoms with Gasteiger partial charge in [-0.05, 0) is 27.6 Å². The third-order valence-electron chi connectivity index (χ3n) is 1.58. The topological polar surface area (TPSA) is 9.23 Å². The Morgan fingerprint density at radius 3 is 2.47 bits per heavy atom. The van der Waals surface area contributed by atoms with E-state index in [4.69, 9.17) is 0 Å². The molecule has 0 aliphatic rings. The maximum absolute atomic E-state index is 11.9. The Labute approximate surface area is 102 Å². The Hall–Kier alpha value is -0.230. The highest BCUT2D eigenvalue weighted by atomic mass is 79.9. The molecule has 0 aliphatic carbocycles. The van der Waals surface area contributed by atoms with Crippen LogP contribution in [0.1, 0.15) is 5.56 Å². The van der Waals surface area contributed by atoms with E-state index in [1.807, 2.05) is 0 Å². The molecular weight excluding hydrogens is 341 g/mol. The van der Waals surface area contributed by atoms with Gasteiger partial charge in [0, 0.05) is 5.33 Å². The molecule has 0 bridgehead atoms. The molecular formula is C9H7Br2F3O.